The van der Waals surface area contributed by atoms with Gasteiger partial charge in [-0.25, -0.2) is 4.98 Å². The predicted octanol–water partition coefficient (Wildman–Crippen LogP) is 3.86. The first-order chi connectivity index (χ1) is 14.6. The van der Waals surface area contributed by atoms with E-state index in [0.717, 1.165) is 11.3 Å². The topological polar surface area (TPSA) is 88.1 Å². The molecule has 0 aliphatic carbocycles. The Hall–Kier alpha value is -3.46. The second kappa shape index (κ2) is 8.50. The van der Waals surface area contributed by atoms with Gasteiger partial charge >= 0.3 is 0 Å². The summed E-state index contributed by atoms with van der Waals surface area (Å²) in [7, 11) is 4.48. The Kier molecular flexibility index (Phi) is 5.62. The standard InChI is InChI=1S/C21H20N2O6S/c1-25-16-7-5-13(18(26-2)19(16)27-3)20(24)23-21-22-14(11-30-21)12-4-6-15-17(10-12)29-9-8-28-15/h4-7,10-11H,8-9H2,1-3H3,(H,22,23,24). The van der Waals surface area contributed by atoms with Crippen LogP contribution in [0.1, 0.15) is 10.4 Å². The van der Waals surface area contributed by atoms with Crippen LogP contribution in [-0.2, 0) is 0 Å². The van der Waals surface area contributed by atoms with E-state index in [0.29, 0.717) is 46.9 Å². The monoisotopic (exact) mass is 428 g/mol. The second-order valence-corrected chi connectivity index (χ2v) is 7.09. The molecule has 0 bridgehead atoms. The van der Waals surface area contributed by atoms with Gasteiger partial charge in [0.1, 0.15) is 13.2 Å². The highest BCUT2D eigenvalue weighted by Gasteiger charge is 2.22. The summed E-state index contributed by atoms with van der Waals surface area (Å²) < 4.78 is 27.2. The molecule has 156 valence electrons. The van der Waals surface area contributed by atoms with E-state index in [1.54, 1.807) is 12.1 Å². The Morgan fingerprint density at radius 1 is 1.00 bits per heavy atom. The summed E-state index contributed by atoms with van der Waals surface area (Å²) >= 11 is 1.32. The second-order valence-electron chi connectivity index (χ2n) is 6.23. The van der Waals surface area contributed by atoms with Crippen molar-refractivity contribution in [1.82, 2.24) is 4.98 Å². The Labute approximate surface area is 177 Å². The number of nitrogens with zero attached hydrogens (tertiary/aromatic N) is 1. The zero-order valence-corrected chi connectivity index (χ0v) is 17.5. The molecule has 3 aromatic rings. The molecule has 0 fully saturated rings. The molecule has 0 radical (unpaired) electrons. The summed E-state index contributed by atoms with van der Waals surface area (Å²) in [5.74, 6) is 2.15. The number of rotatable bonds is 6. The molecule has 4 rings (SSSR count). The van der Waals surface area contributed by atoms with E-state index in [4.69, 9.17) is 23.7 Å². The molecule has 1 aliphatic rings. The van der Waals surface area contributed by atoms with E-state index >= 15 is 0 Å². The third kappa shape index (κ3) is 3.71. The average Bonchev–Trinajstić information content (AvgIpc) is 3.25. The number of hydrogen-bond acceptors (Lipinski definition) is 8. The van der Waals surface area contributed by atoms with Crippen molar-refractivity contribution in [1.29, 1.82) is 0 Å². The van der Waals surface area contributed by atoms with Gasteiger partial charge in [0, 0.05) is 10.9 Å². The number of hydrogen-bond donors (Lipinski definition) is 1. The molecule has 2 aromatic carbocycles. The first-order valence-corrected chi connectivity index (χ1v) is 9.98. The maximum Gasteiger partial charge on any atom is 0.261 e. The lowest BCUT2D eigenvalue weighted by Crippen LogP contribution is -2.15. The van der Waals surface area contributed by atoms with E-state index in [2.05, 4.69) is 10.3 Å². The van der Waals surface area contributed by atoms with Crippen molar-refractivity contribution < 1.29 is 28.5 Å². The summed E-state index contributed by atoms with van der Waals surface area (Å²) in [5.41, 5.74) is 1.91. The summed E-state index contributed by atoms with van der Waals surface area (Å²) in [5, 5.41) is 5.14. The van der Waals surface area contributed by atoms with Crippen LogP contribution in [0.5, 0.6) is 28.7 Å². The van der Waals surface area contributed by atoms with Gasteiger partial charge in [0.25, 0.3) is 5.91 Å². The number of benzene rings is 2. The Morgan fingerprint density at radius 3 is 2.50 bits per heavy atom. The minimum absolute atomic E-state index is 0.290. The summed E-state index contributed by atoms with van der Waals surface area (Å²) in [6.07, 6.45) is 0. The van der Waals surface area contributed by atoms with Crippen molar-refractivity contribution in [3.63, 3.8) is 0 Å². The van der Waals surface area contributed by atoms with Crippen LogP contribution in [0, 0.1) is 0 Å². The first-order valence-electron chi connectivity index (χ1n) is 9.10. The van der Waals surface area contributed by atoms with Gasteiger partial charge < -0.3 is 23.7 Å². The number of ether oxygens (including phenoxy) is 5. The molecule has 8 nitrogen and oxygen atoms in total. The van der Waals surface area contributed by atoms with Gasteiger partial charge in [-0.1, -0.05) is 0 Å². The molecule has 2 heterocycles. The van der Waals surface area contributed by atoms with Gasteiger partial charge in [0.15, 0.2) is 28.1 Å². The van der Waals surface area contributed by atoms with Crippen molar-refractivity contribution in [3.05, 3.63) is 41.3 Å². The third-order valence-corrected chi connectivity index (χ3v) is 5.27. The minimum atomic E-state index is -0.365. The molecule has 1 aromatic heterocycles. The van der Waals surface area contributed by atoms with Crippen molar-refractivity contribution in [3.8, 4) is 40.0 Å². The van der Waals surface area contributed by atoms with Gasteiger partial charge in [-0.05, 0) is 30.3 Å². The number of aromatic nitrogens is 1. The SMILES string of the molecule is COc1ccc(C(=O)Nc2nc(-c3ccc4c(c3)OCCO4)cs2)c(OC)c1OC. The molecule has 1 aliphatic heterocycles. The van der Waals surface area contributed by atoms with E-state index in [1.165, 1.54) is 32.7 Å². The zero-order valence-electron chi connectivity index (χ0n) is 16.7. The minimum Gasteiger partial charge on any atom is -0.493 e. The number of thiazole rings is 1. The van der Waals surface area contributed by atoms with Gasteiger partial charge in [0.05, 0.1) is 32.6 Å². The summed E-state index contributed by atoms with van der Waals surface area (Å²) in [6.45, 7) is 1.06. The van der Waals surface area contributed by atoms with Crippen molar-refractivity contribution in [2.24, 2.45) is 0 Å². The van der Waals surface area contributed by atoms with Gasteiger partial charge in [-0.3, -0.25) is 10.1 Å². The Balaban J connectivity index is 1.56. The number of carbonyl (C=O) groups excluding carboxylic acids is 1. The van der Waals surface area contributed by atoms with Crippen LogP contribution in [0.2, 0.25) is 0 Å². The average molecular weight is 428 g/mol. The van der Waals surface area contributed by atoms with Crippen molar-refractivity contribution in [2.45, 2.75) is 0 Å². The Bertz CT molecular complexity index is 1080. The van der Waals surface area contributed by atoms with Gasteiger partial charge in [0.2, 0.25) is 5.75 Å². The molecule has 0 unspecified atom stereocenters. The Morgan fingerprint density at radius 2 is 1.77 bits per heavy atom. The molecule has 9 heteroatoms. The number of carbonyl (C=O) groups is 1. The molecule has 1 amide bonds. The van der Waals surface area contributed by atoms with Crippen LogP contribution in [0.4, 0.5) is 5.13 Å². The molecule has 0 saturated carbocycles. The zero-order chi connectivity index (χ0) is 21.1. The van der Waals surface area contributed by atoms with E-state index < -0.39 is 0 Å². The van der Waals surface area contributed by atoms with Gasteiger partial charge in [-0.15, -0.1) is 11.3 Å². The summed E-state index contributed by atoms with van der Waals surface area (Å²) in [4.78, 5) is 17.4. The van der Waals surface area contributed by atoms with Crippen LogP contribution in [0.3, 0.4) is 0 Å². The van der Waals surface area contributed by atoms with Crippen LogP contribution in [-0.4, -0.2) is 45.4 Å². The molecule has 30 heavy (non-hydrogen) atoms. The lowest BCUT2D eigenvalue weighted by molar-refractivity contribution is 0.102. The predicted molar refractivity (Wildman–Crippen MR) is 113 cm³/mol. The smallest absolute Gasteiger partial charge is 0.261 e. The number of anilines is 1. The molecular formula is C21H20N2O6S. The number of nitrogens with one attached hydrogen (secondary N) is 1. The molecule has 0 atom stereocenters. The van der Waals surface area contributed by atoms with Crippen molar-refractivity contribution >= 4 is 22.4 Å². The molecule has 1 N–H and O–H groups in total. The largest absolute Gasteiger partial charge is 0.493 e. The number of amides is 1. The lowest BCUT2D eigenvalue weighted by atomic mass is 10.1. The fourth-order valence-electron chi connectivity index (χ4n) is 3.11. The number of fused-ring (bicyclic) bond motifs is 1. The van der Waals surface area contributed by atoms with Crippen LogP contribution in [0.15, 0.2) is 35.7 Å². The highest BCUT2D eigenvalue weighted by Crippen LogP contribution is 2.40. The maximum atomic E-state index is 12.8. The molecule has 0 spiro atoms. The summed E-state index contributed by atoms with van der Waals surface area (Å²) in [6, 6.07) is 8.91. The van der Waals surface area contributed by atoms with Crippen LogP contribution < -0.4 is 29.0 Å². The third-order valence-electron chi connectivity index (χ3n) is 4.51. The highest BCUT2D eigenvalue weighted by atomic mass is 32.1. The normalized spacial score (nSPS) is 12.2. The van der Waals surface area contributed by atoms with Crippen molar-refractivity contribution in [2.75, 3.05) is 39.9 Å². The maximum absolute atomic E-state index is 12.8. The quantitative estimate of drug-likeness (QED) is 0.638. The lowest BCUT2D eigenvalue weighted by Gasteiger charge is -2.18. The molecule has 0 saturated heterocycles. The van der Waals surface area contributed by atoms with Crippen LogP contribution >= 0.6 is 11.3 Å². The van der Waals surface area contributed by atoms with E-state index in [9.17, 15) is 4.79 Å². The van der Waals surface area contributed by atoms with Gasteiger partial charge in [-0.2, -0.15) is 0 Å². The van der Waals surface area contributed by atoms with E-state index in [-0.39, 0.29) is 11.7 Å². The first kappa shape index (κ1) is 19.8. The van der Waals surface area contributed by atoms with Crippen LogP contribution in [0.25, 0.3) is 11.3 Å². The fraction of sp³-hybridized carbons (Fsp3) is 0.238. The molecular weight excluding hydrogens is 408 g/mol. The number of methoxy groups -OCH3 is 3. The van der Waals surface area contributed by atoms with E-state index in [1.807, 2.05) is 23.6 Å². The fourth-order valence-corrected chi connectivity index (χ4v) is 3.83. The highest BCUT2D eigenvalue weighted by molar-refractivity contribution is 7.14.